The highest BCUT2D eigenvalue weighted by molar-refractivity contribution is 5.92. The molecule has 1 N–H and O–H groups in total. The summed E-state index contributed by atoms with van der Waals surface area (Å²) in [5.41, 5.74) is 1.21. The van der Waals surface area contributed by atoms with Crippen molar-refractivity contribution in [1.29, 1.82) is 0 Å². The molecule has 0 radical (unpaired) electrons. The molecular formula is C13H20N4O. The van der Waals surface area contributed by atoms with E-state index in [0.29, 0.717) is 18.3 Å². The fourth-order valence-corrected chi connectivity index (χ4v) is 2.36. The second kappa shape index (κ2) is 5.91. The number of likely N-dealkylation sites (tertiary alicyclic amines) is 1. The number of rotatable bonds is 4. The molecule has 1 aromatic rings. The molecule has 1 fully saturated rings. The van der Waals surface area contributed by atoms with Crippen LogP contribution in [0.4, 0.5) is 0 Å². The SMILES string of the molecule is CCN1CCCC1CNC(=O)c1ccc(C)nn1. The third kappa shape index (κ3) is 3.04. The molecule has 0 spiro atoms. The third-order valence-corrected chi connectivity index (χ3v) is 3.43. The first-order valence-corrected chi connectivity index (χ1v) is 6.53. The number of aryl methyl sites for hydroxylation is 1. The van der Waals surface area contributed by atoms with Crippen LogP contribution in [0.3, 0.4) is 0 Å². The molecule has 0 aliphatic carbocycles. The van der Waals surface area contributed by atoms with Gasteiger partial charge in [0.2, 0.25) is 0 Å². The van der Waals surface area contributed by atoms with Crippen LogP contribution in [0.2, 0.25) is 0 Å². The van der Waals surface area contributed by atoms with Crippen LogP contribution in [0.1, 0.15) is 35.9 Å². The molecule has 1 atom stereocenters. The molecule has 98 valence electrons. The Kier molecular flexibility index (Phi) is 4.25. The first-order valence-electron chi connectivity index (χ1n) is 6.53. The number of aromatic nitrogens is 2. The summed E-state index contributed by atoms with van der Waals surface area (Å²) in [7, 11) is 0. The quantitative estimate of drug-likeness (QED) is 0.863. The van der Waals surface area contributed by atoms with Gasteiger partial charge in [-0.25, -0.2) is 0 Å². The second-order valence-electron chi connectivity index (χ2n) is 4.69. The predicted octanol–water partition coefficient (Wildman–Crippen LogP) is 0.999. The van der Waals surface area contributed by atoms with Crippen molar-refractivity contribution in [3.05, 3.63) is 23.5 Å². The summed E-state index contributed by atoms with van der Waals surface area (Å²) in [4.78, 5) is 14.3. The van der Waals surface area contributed by atoms with Crippen molar-refractivity contribution in [3.8, 4) is 0 Å². The number of hydrogen-bond donors (Lipinski definition) is 1. The van der Waals surface area contributed by atoms with E-state index < -0.39 is 0 Å². The molecule has 1 saturated heterocycles. The number of likely N-dealkylation sites (N-methyl/N-ethyl adjacent to an activating group) is 1. The van der Waals surface area contributed by atoms with Gasteiger partial charge in [0.05, 0.1) is 5.69 Å². The second-order valence-corrected chi connectivity index (χ2v) is 4.69. The molecule has 0 saturated carbocycles. The number of nitrogens with one attached hydrogen (secondary N) is 1. The molecule has 1 unspecified atom stereocenters. The van der Waals surface area contributed by atoms with Crippen LogP contribution in [0.5, 0.6) is 0 Å². The summed E-state index contributed by atoms with van der Waals surface area (Å²) < 4.78 is 0. The minimum absolute atomic E-state index is 0.134. The van der Waals surface area contributed by atoms with Gasteiger partial charge in [-0.2, -0.15) is 5.10 Å². The minimum Gasteiger partial charge on any atom is -0.349 e. The number of nitrogens with zero attached hydrogens (tertiary/aromatic N) is 3. The smallest absolute Gasteiger partial charge is 0.271 e. The Morgan fingerprint density at radius 3 is 3.00 bits per heavy atom. The number of carbonyl (C=O) groups excluding carboxylic acids is 1. The number of amides is 1. The normalized spacial score (nSPS) is 20.0. The van der Waals surface area contributed by atoms with Crippen molar-refractivity contribution in [3.63, 3.8) is 0 Å². The van der Waals surface area contributed by atoms with Crippen molar-refractivity contribution in [1.82, 2.24) is 20.4 Å². The molecule has 1 aliphatic rings. The molecule has 5 nitrogen and oxygen atoms in total. The van der Waals surface area contributed by atoms with Crippen LogP contribution in [-0.4, -0.2) is 46.7 Å². The van der Waals surface area contributed by atoms with Crippen LogP contribution in [0.15, 0.2) is 12.1 Å². The van der Waals surface area contributed by atoms with Gasteiger partial charge in [-0.3, -0.25) is 9.69 Å². The Bertz CT molecular complexity index is 404. The monoisotopic (exact) mass is 248 g/mol. The zero-order valence-electron chi connectivity index (χ0n) is 11.0. The van der Waals surface area contributed by atoms with E-state index in [2.05, 4.69) is 27.3 Å². The maximum Gasteiger partial charge on any atom is 0.271 e. The largest absolute Gasteiger partial charge is 0.349 e. The van der Waals surface area contributed by atoms with Crippen molar-refractivity contribution >= 4 is 5.91 Å². The average Bonchev–Trinajstić information content (AvgIpc) is 2.84. The number of carbonyl (C=O) groups is 1. The van der Waals surface area contributed by atoms with Gasteiger partial charge in [0.15, 0.2) is 5.69 Å². The minimum atomic E-state index is -0.134. The van der Waals surface area contributed by atoms with Crippen LogP contribution >= 0.6 is 0 Å². The maximum absolute atomic E-state index is 11.9. The Labute approximate surface area is 108 Å². The Hall–Kier alpha value is -1.49. The van der Waals surface area contributed by atoms with Crippen molar-refractivity contribution in [2.24, 2.45) is 0 Å². The van der Waals surface area contributed by atoms with E-state index in [1.54, 1.807) is 12.1 Å². The van der Waals surface area contributed by atoms with Gasteiger partial charge in [-0.15, -0.1) is 5.10 Å². The lowest BCUT2D eigenvalue weighted by Crippen LogP contribution is -2.40. The van der Waals surface area contributed by atoms with E-state index in [-0.39, 0.29) is 5.91 Å². The van der Waals surface area contributed by atoms with E-state index >= 15 is 0 Å². The topological polar surface area (TPSA) is 58.1 Å². The molecule has 0 aromatic carbocycles. The van der Waals surface area contributed by atoms with Crippen molar-refractivity contribution in [2.75, 3.05) is 19.6 Å². The molecule has 0 bridgehead atoms. The van der Waals surface area contributed by atoms with E-state index in [1.807, 2.05) is 6.92 Å². The molecule has 5 heteroatoms. The summed E-state index contributed by atoms with van der Waals surface area (Å²) in [5, 5.41) is 10.7. The van der Waals surface area contributed by atoms with Gasteiger partial charge in [0, 0.05) is 12.6 Å². The summed E-state index contributed by atoms with van der Waals surface area (Å²) in [6, 6.07) is 3.98. The van der Waals surface area contributed by atoms with Crippen LogP contribution in [0, 0.1) is 6.92 Å². The molecule has 2 heterocycles. The van der Waals surface area contributed by atoms with Gasteiger partial charge in [-0.1, -0.05) is 6.92 Å². The highest BCUT2D eigenvalue weighted by Gasteiger charge is 2.23. The van der Waals surface area contributed by atoms with Gasteiger partial charge in [-0.05, 0) is 45.0 Å². The summed E-state index contributed by atoms with van der Waals surface area (Å²) in [6.07, 6.45) is 2.38. The lowest BCUT2D eigenvalue weighted by Gasteiger charge is -2.22. The highest BCUT2D eigenvalue weighted by atomic mass is 16.1. The van der Waals surface area contributed by atoms with Crippen molar-refractivity contribution < 1.29 is 4.79 Å². The summed E-state index contributed by atoms with van der Waals surface area (Å²) >= 11 is 0. The molecule has 1 amide bonds. The van der Waals surface area contributed by atoms with E-state index in [9.17, 15) is 4.79 Å². The summed E-state index contributed by atoms with van der Waals surface area (Å²) in [6.45, 7) is 6.90. The Morgan fingerprint density at radius 1 is 1.50 bits per heavy atom. The predicted molar refractivity (Wildman–Crippen MR) is 69.4 cm³/mol. The van der Waals surface area contributed by atoms with Gasteiger partial charge in [0.1, 0.15) is 0 Å². The highest BCUT2D eigenvalue weighted by Crippen LogP contribution is 2.15. The lowest BCUT2D eigenvalue weighted by molar-refractivity contribution is 0.0935. The Balaban J connectivity index is 1.86. The molecule has 18 heavy (non-hydrogen) atoms. The van der Waals surface area contributed by atoms with E-state index in [0.717, 1.165) is 25.2 Å². The van der Waals surface area contributed by atoms with E-state index in [1.165, 1.54) is 6.42 Å². The van der Waals surface area contributed by atoms with E-state index in [4.69, 9.17) is 0 Å². The van der Waals surface area contributed by atoms with Crippen LogP contribution < -0.4 is 5.32 Å². The first-order chi connectivity index (χ1) is 8.70. The third-order valence-electron chi connectivity index (χ3n) is 3.43. The lowest BCUT2D eigenvalue weighted by atomic mass is 10.2. The van der Waals surface area contributed by atoms with Gasteiger partial charge < -0.3 is 5.32 Å². The Morgan fingerprint density at radius 2 is 2.33 bits per heavy atom. The van der Waals surface area contributed by atoms with Crippen LogP contribution in [-0.2, 0) is 0 Å². The molecule has 1 aromatic heterocycles. The number of hydrogen-bond acceptors (Lipinski definition) is 4. The maximum atomic E-state index is 11.9. The van der Waals surface area contributed by atoms with Crippen molar-refractivity contribution in [2.45, 2.75) is 32.7 Å². The first kappa shape index (κ1) is 13.0. The standard InChI is InChI=1S/C13H20N4O/c1-3-17-8-4-5-11(17)9-14-13(18)12-7-6-10(2)15-16-12/h6-7,11H,3-5,8-9H2,1-2H3,(H,14,18). The molecule has 2 rings (SSSR count). The van der Waals surface area contributed by atoms with Gasteiger partial charge >= 0.3 is 0 Å². The average molecular weight is 248 g/mol. The zero-order valence-corrected chi connectivity index (χ0v) is 11.0. The zero-order chi connectivity index (χ0) is 13.0. The summed E-state index contributed by atoms with van der Waals surface area (Å²) in [5.74, 6) is -0.134. The fraction of sp³-hybridized carbons (Fsp3) is 0.615. The van der Waals surface area contributed by atoms with Gasteiger partial charge in [0.25, 0.3) is 5.91 Å². The van der Waals surface area contributed by atoms with Crippen LogP contribution in [0.25, 0.3) is 0 Å². The molecular weight excluding hydrogens is 228 g/mol. The molecule has 1 aliphatic heterocycles. The fourth-order valence-electron chi connectivity index (χ4n) is 2.36.